The van der Waals surface area contributed by atoms with E-state index in [1.165, 1.54) is 17.7 Å². The third-order valence-corrected chi connectivity index (χ3v) is 3.45. The summed E-state index contributed by atoms with van der Waals surface area (Å²) in [5.74, 6) is 0.622. The third kappa shape index (κ3) is 6.56. The fourth-order valence-electron chi connectivity index (χ4n) is 2.29. The van der Waals surface area contributed by atoms with Gasteiger partial charge in [-0.1, -0.05) is 42.5 Å². The van der Waals surface area contributed by atoms with Crippen LogP contribution < -0.4 is 5.32 Å². The standard InChI is InChI=1S/C18H22FN3.HI/c1-20-18(21-13-12-15-6-4-3-5-7-15)22(2)14-16-8-10-17(19)11-9-16;/h3-11H,12-14H2,1-2H3,(H,20,21);1H. The van der Waals surface area contributed by atoms with Crippen molar-refractivity contribution in [1.29, 1.82) is 0 Å². The van der Waals surface area contributed by atoms with Crippen LogP contribution in [0.3, 0.4) is 0 Å². The van der Waals surface area contributed by atoms with E-state index in [4.69, 9.17) is 0 Å². The fraction of sp³-hybridized carbons (Fsp3) is 0.278. The van der Waals surface area contributed by atoms with Crippen LogP contribution in [0.15, 0.2) is 59.6 Å². The number of nitrogens with zero attached hydrogens (tertiary/aromatic N) is 2. The molecule has 5 heteroatoms. The summed E-state index contributed by atoms with van der Waals surface area (Å²) in [5, 5.41) is 3.35. The maximum atomic E-state index is 12.9. The fourth-order valence-corrected chi connectivity index (χ4v) is 2.29. The SMILES string of the molecule is CN=C(NCCc1ccccc1)N(C)Cc1ccc(F)cc1.I. The van der Waals surface area contributed by atoms with Crippen LogP contribution in [0.2, 0.25) is 0 Å². The first-order valence-electron chi connectivity index (χ1n) is 7.39. The molecule has 23 heavy (non-hydrogen) atoms. The number of nitrogens with one attached hydrogen (secondary N) is 1. The molecule has 124 valence electrons. The molecule has 0 saturated carbocycles. The van der Waals surface area contributed by atoms with E-state index < -0.39 is 0 Å². The molecule has 3 nitrogen and oxygen atoms in total. The van der Waals surface area contributed by atoms with Crippen molar-refractivity contribution in [2.45, 2.75) is 13.0 Å². The monoisotopic (exact) mass is 427 g/mol. The van der Waals surface area contributed by atoms with Crippen molar-refractivity contribution in [2.24, 2.45) is 4.99 Å². The van der Waals surface area contributed by atoms with Crippen LogP contribution in [0.4, 0.5) is 4.39 Å². The summed E-state index contributed by atoms with van der Waals surface area (Å²) in [6, 6.07) is 16.9. The first kappa shape index (κ1) is 19.4. The van der Waals surface area contributed by atoms with Gasteiger partial charge in [-0.15, -0.1) is 24.0 Å². The zero-order chi connectivity index (χ0) is 15.8. The second kappa shape index (κ2) is 10.2. The van der Waals surface area contributed by atoms with E-state index in [-0.39, 0.29) is 29.8 Å². The Kier molecular flexibility index (Phi) is 8.61. The maximum absolute atomic E-state index is 12.9. The summed E-state index contributed by atoms with van der Waals surface area (Å²) < 4.78 is 12.9. The van der Waals surface area contributed by atoms with E-state index in [0.29, 0.717) is 6.54 Å². The highest BCUT2D eigenvalue weighted by atomic mass is 127. The van der Waals surface area contributed by atoms with Gasteiger partial charge in [0.15, 0.2) is 5.96 Å². The molecule has 0 atom stereocenters. The number of guanidine groups is 1. The van der Waals surface area contributed by atoms with Crippen molar-refractivity contribution >= 4 is 29.9 Å². The minimum Gasteiger partial charge on any atom is -0.356 e. The lowest BCUT2D eigenvalue weighted by Gasteiger charge is -2.22. The van der Waals surface area contributed by atoms with Gasteiger partial charge in [0.25, 0.3) is 0 Å². The number of hydrogen-bond donors (Lipinski definition) is 1. The minimum absolute atomic E-state index is 0. The summed E-state index contributed by atoms with van der Waals surface area (Å²) in [6.07, 6.45) is 0.949. The summed E-state index contributed by atoms with van der Waals surface area (Å²) >= 11 is 0. The number of aliphatic imine (C=N–C) groups is 1. The van der Waals surface area contributed by atoms with Gasteiger partial charge < -0.3 is 10.2 Å². The van der Waals surface area contributed by atoms with Crippen LogP contribution in [0.1, 0.15) is 11.1 Å². The lowest BCUT2D eigenvalue weighted by molar-refractivity contribution is 0.476. The van der Waals surface area contributed by atoms with Crippen LogP contribution in [-0.2, 0) is 13.0 Å². The highest BCUT2D eigenvalue weighted by molar-refractivity contribution is 14.0. The molecule has 0 heterocycles. The van der Waals surface area contributed by atoms with Gasteiger partial charge >= 0.3 is 0 Å². The van der Waals surface area contributed by atoms with E-state index in [0.717, 1.165) is 24.5 Å². The number of hydrogen-bond acceptors (Lipinski definition) is 1. The molecule has 0 bridgehead atoms. The maximum Gasteiger partial charge on any atom is 0.193 e. The molecule has 1 N–H and O–H groups in total. The molecule has 2 aromatic rings. The Balaban J connectivity index is 0.00000264. The number of rotatable bonds is 5. The number of halogens is 2. The summed E-state index contributed by atoms with van der Waals surface area (Å²) in [4.78, 5) is 6.32. The van der Waals surface area contributed by atoms with Crippen molar-refractivity contribution < 1.29 is 4.39 Å². The Morgan fingerprint density at radius 1 is 1.04 bits per heavy atom. The molecule has 0 unspecified atom stereocenters. The molecule has 2 rings (SSSR count). The molecule has 0 amide bonds. The third-order valence-electron chi connectivity index (χ3n) is 3.45. The number of benzene rings is 2. The molecule has 0 aliphatic heterocycles. The van der Waals surface area contributed by atoms with Gasteiger partial charge in [-0.3, -0.25) is 4.99 Å². The lowest BCUT2D eigenvalue weighted by Crippen LogP contribution is -2.39. The van der Waals surface area contributed by atoms with E-state index >= 15 is 0 Å². The Labute approximate surface area is 154 Å². The van der Waals surface area contributed by atoms with E-state index in [1.807, 2.05) is 30.1 Å². The van der Waals surface area contributed by atoms with Crippen LogP contribution in [0, 0.1) is 5.82 Å². The average Bonchev–Trinajstić information content (AvgIpc) is 2.54. The smallest absolute Gasteiger partial charge is 0.193 e. The normalized spacial score (nSPS) is 10.8. The van der Waals surface area contributed by atoms with E-state index in [9.17, 15) is 4.39 Å². The van der Waals surface area contributed by atoms with Crippen LogP contribution in [0.25, 0.3) is 0 Å². The quantitative estimate of drug-likeness (QED) is 0.448. The molecule has 0 aromatic heterocycles. The summed E-state index contributed by atoms with van der Waals surface area (Å²) in [7, 11) is 3.74. The molecule has 0 saturated heterocycles. The van der Waals surface area contributed by atoms with Gasteiger partial charge in [-0.05, 0) is 29.7 Å². The topological polar surface area (TPSA) is 27.6 Å². The average molecular weight is 427 g/mol. The van der Waals surface area contributed by atoms with E-state index in [2.05, 4.69) is 22.4 Å². The van der Waals surface area contributed by atoms with Crippen LogP contribution in [-0.4, -0.2) is 31.5 Å². The molecular weight excluding hydrogens is 404 g/mol. The van der Waals surface area contributed by atoms with Crippen molar-refractivity contribution in [3.63, 3.8) is 0 Å². The highest BCUT2D eigenvalue weighted by Gasteiger charge is 2.06. The lowest BCUT2D eigenvalue weighted by atomic mass is 10.1. The molecule has 0 spiro atoms. The summed E-state index contributed by atoms with van der Waals surface area (Å²) in [5.41, 5.74) is 2.35. The molecule has 0 aliphatic carbocycles. The Hall–Kier alpha value is -1.63. The molecule has 0 aliphatic rings. The Morgan fingerprint density at radius 3 is 2.30 bits per heavy atom. The van der Waals surface area contributed by atoms with Gasteiger partial charge in [0, 0.05) is 27.2 Å². The van der Waals surface area contributed by atoms with Gasteiger partial charge in [-0.2, -0.15) is 0 Å². The van der Waals surface area contributed by atoms with Crippen molar-refractivity contribution in [3.8, 4) is 0 Å². The Bertz CT molecular complexity index is 599. The van der Waals surface area contributed by atoms with Crippen molar-refractivity contribution in [3.05, 3.63) is 71.5 Å². The van der Waals surface area contributed by atoms with Crippen LogP contribution >= 0.6 is 24.0 Å². The predicted molar refractivity (Wildman–Crippen MR) is 105 cm³/mol. The first-order valence-corrected chi connectivity index (χ1v) is 7.39. The van der Waals surface area contributed by atoms with Gasteiger partial charge in [0.2, 0.25) is 0 Å². The van der Waals surface area contributed by atoms with Crippen molar-refractivity contribution in [1.82, 2.24) is 10.2 Å². The van der Waals surface area contributed by atoms with Gasteiger partial charge in [0.05, 0.1) is 0 Å². The van der Waals surface area contributed by atoms with Gasteiger partial charge in [-0.25, -0.2) is 4.39 Å². The van der Waals surface area contributed by atoms with E-state index in [1.54, 1.807) is 19.2 Å². The second-order valence-electron chi connectivity index (χ2n) is 5.19. The summed E-state index contributed by atoms with van der Waals surface area (Å²) in [6.45, 7) is 1.51. The zero-order valence-corrected chi connectivity index (χ0v) is 15.8. The molecular formula is C18H23FIN3. The van der Waals surface area contributed by atoms with Gasteiger partial charge in [0.1, 0.15) is 5.82 Å². The first-order chi connectivity index (χ1) is 10.7. The Morgan fingerprint density at radius 2 is 1.70 bits per heavy atom. The minimum atomic E-state index is -0.211. The second-order valence-corrected chi connectivity index (χ2v) is 5.19. The molecule has 0 radical (unpaired) electrons. The van der Waals surface area contributed by atoms with Crippen LogP contribution in [0.5, 0.6) is 0 Å². The largest absolute Gasteiger partial charge is 0.356 e. The zero-order valence-electron chi connectivity index (χ0n) is 13.5. The molecule has 2 aromatic carbocycles. The van der Waals surface area contributed by atoms with Crippen molar-refractivity contribution in [2.75, 3.05) is 20.6 Å². The predicted octanol–water partition coefficient (Wildman–Crippen LogP) is 3.69. The highest BCUT2D eigenvalue weighted by Crippen LogP contribution is 2.06. The molecule has 0 fully saturated rings.